The molecule has 0 heterocycles. The lowest BCUT2D eigenvalue weighted by Gasteiger charge is -2.13. The maximum Gasteiger partial charge on any atom is 0.262 e. The Balaban J connectivity index is 2.15. The van der Waals surface area contributed by atoms with Crippen molar-refractivity contribution in [2.75, 3.05) is 0 Å². The maximum absolute atomic E-state index is 11.9. The maximum atomic E-state index is 11.9. The van der Waals surface area contributed by atoms with Crippen molar-refractivity contribution in [3.63, 3.8) is 0 Å². The van der Waals surface area contributed by atoms with Gasteiger partial charge in [0.2, 0.25) is 5.78 Å². The van der Waals surface area contributed by atoms with Crippen LogP contribution in [0.15, 0.2) is 48.5 Å². The van der Waals surface area contributed by atoms with E-state index >= 15 is 0 Å². The van der Waals surface area contributed by atoms with E-state index in [1.807, 2.05) is 0 Å². The van der Waals surface area contributed by atoms with Gasteiger partial charge in [-0.2, -0.15) is 0 Å². The van der Waals surface area contributed by atoms with Crippen molar-refractivity contribution < 1.29 is 14.6 Å². The number of benzene rings is 2. The smallest absolute Gasteiger partial charge is 0.262 e. The highest BCUT2D eigenvalue weighted by atomic mass is 35.5. The zero-order valence-corrected chi connectivity index (χ0v) is 11.2. The molecule has 0 radical (unpaired) electrons. The van der Waals surface area contributed by atoms with Gasteiger partial charge in [0, 0.05) is 16.7 Å². The molecule has 0 aromatic heterocycles. The molecule has 2 aromatic rings. The predicted octanol–water partition coefficient (Wildman–Crippen LogP) is 3.57. The molecule has 0 fully saturated rings. The Kier molecular flexibility index (Phi) is 4.43. The summed E-state index contributed by atoms with van der Waals surface area (Å²) in [6.45, 7) is 0. The van der Waals surface area contributed by atoms with E-state index in [4.69, 9.17) is 27.9 Å². The Morgan fingerprint density at radius 3 is 2.47 bits per heavy atom. The molecule has 2 aromatic carbocycles. The molecule has 0 aliphatic carbocycles. The van der Waals surface area contributed by atoms with Gasteiger partial charge >= 0.3 is 0 Å². The topological polar surface area (TPSA) is 46.5 Å². The minimum Gasteiger partial charge on any atom is -0.456 e. The van der Waals surface area contributed by atoms with E-state index in [-0.39, 0.29) is 10.8 Å². The third-order valence-corrected chi connectivity index (χ3v) is 2.96. The van der Waals surface area contributed by atoms with Gasteiger partial charge in [0.05, 0.1) is 5.02 Å². The van der Waals surface area contributed by atoms with E-state index in [1.165, 1.54) is 12.1 Å². The number of halogens is 2. The molecule has 0 saturated carbocycles. The van der Waals surface area contributed by atoms with Crippen LogP contribution in [-0.4, -0.2) is 17.2 Å². The zero-order valence-electron chi connectivity index (χ0n) is 9.72. The van der Waals surface area contributed by atoms with Gasteiger partial charge in [-0.15, -0.1) is 0 Å². The average molecular weight is 297 g/mol. The largest absolute Gasteiger partial charge is 0.456 e. The molecule has 98 valence electrons. The van der Waals surface area contributed by atoms with Crippen LogP contribution in [0.4, 0.5) is 0 Å². The van der Waals surface area contributed by atoms with E-state index in [0.29, 0.717) is 10.6 Å². The van der Waals surface area contributed by atoms with Crippen molar-refractivity contribution in [3.05, 3.63) is 64.1 Å². The Hall–Kier alpha value is -1.55. The predicted molar refractivity (Wildman–Crippen MR) is 73.9 cm³/mol. The molecule has 1 unspecified atom stereocenters. The number of rotatable bonds is 4. The highest BCUT2D eigenvalue weighted by Gasteiger charge is 2.19. The summed E-state index contributed by atoms with van der Waals surface area (Å²) in [6.07, 6.45) is -1.63. The summed E-state index contributed by atoms with van der Waals surface area (Å²) in [5, 5.41) is 10.4. The number of hydrogen-bond acceptors (Lipinski definition) is 3. The van der Waals surface area contributed by atoms with Crippen LogP contribution in [0, 0.1) is 0 Å². The highest BCUT2D eigenvalue weighted by Crippen LogP contribution is 2.28. The third-order valence-electron chi connectivity index (χ3n) is 2.41. The van der Waals surface area contributed by atoms with E-state index in [0.717, 1.165) is 0 Å². The fourth-order valence-electron chi connectivity index (χ4n) is 1.49. The van der Waals surface area contributed by atoms with E-state index < -0.39 is 12.1 Å². The van der Waals surface area contributed by atoms with E-state index in [1.54, 1.807) is 36.4 Å². The van der Waals surface area contributed by atoms with Crippen LogP contribution >= 0.6 is 23.2 Å². The van der Waals surface area contributed by atoms with Crippen LogP contribution < -0.4 is 4.74 Å². The third kappa shape index (κ3) is 3.47. The highest BCUT2D eigenvalue weighted by molar-refractivity contribution is 6.34. The van der Waals surface area contributed by atoms with Gasteiger partial charge in [0.1, 0.15) is 5.75 Å². The van der Waals surface area contributed by atoms with Gasteiger partial charge in [0.25, 0.3) is 6.29 Å². The Bertz CT molecular complexity index is 584. The van der Waals surface area contributed by atoms with Crippen LogP contribution in [0.25, 0.3) is 0 Å². The Labute approximate surface area is 120 Å². The lowest BCUT2D eigenvalue weighted by molar-refractivity contribution is -0.00288. The number of carbonyl (C=O) groups is 1. The van der Waals surface area contributed by atoms with Crippen molar-refractivity contribution in [3.8, 4) is 5.75 Å². The molecule has 0 saturated heterocycles. The molecule has 0 aliphatic rings. The molecule has 3 nitrogen and oxygen atoms in total. The molecule has 0 amide bonds. The molecular weight excluding hydrogens is 287 g/mol. The lowest BCUT2D eigenvalue weighted by atomic mass is 10.1. The standard InChI is InChI=1S/C14H10Cl2O3/c15-10-6-7-11(16)12(8-10)19-14(18)13(17)9-4-2-1-3-5-9/h1-8,14,18H. The summed E-state index contributed by atoms with van der Waals surface area (Å²) in [6, 6.07) is 12.9. The molecule has 19 heavy (non-hydrogen) atoms. The summed E-state index contributed by atoms with van der Waals surface area (Å²) in [4.78, 5) is 11.9. The number of ketones is 1. The first-order chi connectivity index (χ1) is 9.08. The molecule has 0 aliphatic heterocycles. The number of carbonyl (C=O) groups excluding carboxylic acids is 1. The Morgan fingerprint density at radius 1 is 1.11 bits per heavy atom. The van der Waals surface area contributed by atoms with E-state index in [9.17, 15) is 9.90 Å². The van der Waals surface area contributed by atoms with Crippen LogP contribution in [0.2, 0.25) is 10.0 Å². The second-order valence-corrected chi connectivity index (χ2v) is 4.62. The molecular formula is C14H10Cl2O3. The minimum atomic E-state index is -1.63. The van der Waals surface area contributed by atoms with Gasteiger partial charge in [-0.25, -0.2) is 0 Å². The molecule has 5 heteroatoms. The first kappa shape index (κ1) is 13.9. The number of ether oxygens (including phenoxy) is 1. The minimum absolute atomic E-state index is 0.158. The normalized spacial score (nSPS) is 11.9. The zero-order chi connectivity index (χ0) is 13.8. The summed E-state index contributed by atoms with van der Waals surface area (Å²) in [5.74, 6) is -0.386. The summed E-state index contributed by atoms with van der Waals surface area (Å²) < 4.78 is 5.13. The number of aliphatic hydroxyl groups is 1. The number of hydrogen-bond donors (Lipinski definition) is 1. The van der Waals surface area contributed by atoms with Crippen LogP contribution in [0.3, 0.4) is 0 Å². The number of Topliss-reactive ketones (excluding diaryl/α,β-unsaturated/α-hetero) is 1. The van der Waals surface area contributed by atoms with Gasteiger partial charge in [-0.3, -0.25) is 4.79 Å². The summed E-state index contributed by atoms with van der Waals surface area (Å²) in [7, 11) is 0. The average Bonchev–Trinajstić information content (AvgIpc) is 2.43. The van der Waals surface area contributed by atoms with Gasteiger partial charge in [-0.1, -0.05) is 53.5 Å². The van der Waals surface area contributed by atoms with Crippen molar-refractivity contribution >= 4 is 29.0 Å². The monoisotopic (exact) mass is 296 g/mol. The van der Waals surface area contributed by atoms with Gasteiger partial charge in [0.15, 0.2) is 0 Å². The SMILES string of the molecule is O=C(c1ccccc1)C(O)Oc1cc(Cl)ccc1Cl. The summed E-state index contributed by atoms with van der Waals surface area (Å²) >= 11 is 11.7. The summed E-state index contributed by atoms with van der Waals surface area (Å²) in [5.41, 5.74) is 0.355. The molecule has 0 spiro atoms. The quantitative estimate of drug-likeness (QED) is 0.693. The lowest BCUT2D eigenvalue weighted by Crippen LogP contribution is -2.27. The van der Waals surface area contributed by atoms with Gasteiger partial charge < -0.3 is 9.84 Å². The van der Waals surface area contributed by atoms with Gasteiger partial charge in [-0.05, 0) is 12.1 Å². The van der Waals surface area contributed by atoms with Crippen LogP contribution in [0.1, 0.15) is 10.4 Å². The van der Waals surface area contributed by atoms with E-state index in [2.05, 4.69) is 0 Å². The first-order valence-electron chi connectivity index (χ1n) is 5.47. The molecule has 1 atom stereocenters. The molecule has 0 bridgehead atoms. The fourth-order valence-corrected chi connectivity index (χ4v) is 1.81. The second-order valence-electron chi connectivity index (χ2n) is 3.78. The van der Waals surface area contributed by atoms with Crippen molar-refractivity contribution in [2.45, 2.75) is 6.29 Å². The molecule has 2 rings (SSSR count). The van der Waals surface area contributed by atoms with Crippen molar-refractivity contribution in [1.29, 1.82) is 0 Å². The van der Waals surface area contributed by atoms with Crippen molar-refractivity contribution in [1.82, 2.24) is 0 Å². The van der Waals surface area contributed by atoms with Crippen LogP contribution in [0.5, 0.6) is 5.75 Å². The molecule has 1 N–H and O–H groups in total. The van der Waals surface area contributed by atoms with Crippen LogP contribution in [-0.2, 0) is 0 Å². The second kappa shape index (κ2) is 6.06. The first-order valence-corrected chi connectivity index (χ1v) is 6.22. The Morgan fingerprint density at radius 2 is 1.79 bits per heavy atom. The fraction of sp³-hybridized carbons (Fsp3) is 0.0714. The van der Waals surface area contributed by atoms with Crippen molar-refractivity contribution in [2.24, 2.45) is 0 Å². The number of aliphatic hydroxyl groups excluding tert-OH is 1.